The topological polar surface area (TPSA) is 75.3 Å². The van der Waals surface area contributed by atoms with Crippen molar-refractivity contribution in [3.8, 4) is 0 Å². The molecule has 0 atom stereocenters. The van der Waals surface area contributed by atoms with E-state index in [4.69, 9.17) is 0 Å². The molecule has 128 valence electrons. The van der Waals surface area contributed by atoms with Crippen LogP contribution in [0.15, 0.2) is 64.7 Å². The Kier molecular flexibility index (Phi) is 6.25. The molecule has 2 aromatic carbocycles. The normalized spacial score (nSPS) is 10.9. The van der Waals surface area contributed by atoms with E-state index in [-0.39, 0.29) is 23.2 Å². The Morgan fingerprint density at radius 2 is 1.36 bits per heavy atom. The summed E-state index contributed by atoms with van der Waals surface area (Å²) in [5.74, 6) is -0.818. The molecule has 5 nitrogen and oxygen atoms in total. The zero-order valence-corrected chi connectivity index (χ0v) is 15.4. The van der Waals surface area contributed by atoms with Crippen molar-refractivity contribution >= 4 is 44.9 Å². The fourth-order valence-corrected chi connectivity index (χ4v) is 2.26. The van der Waals surface area contributed by atoms with Crippen molar-refractivity contribution in [1.82, 2.24) is 0 Å². The first-order valence-corrected chi connectivity index (χ1v) is 8.31. The second kappa shape index (κ2) is 8.39. The van der Waals surface area contributed by atoms with Crippen LogP contribution >= 0.6 is 15.9 Å². The van der Waals surface area contributed by atoms with Crippen LogP contribution in [-0.4, -0.2) is 17.6 Å². The highest BCUT2D eigenvalue weighted by molar-refractivity contribution is 9.10. The summed E-state index contributed by atoms with van der Waals surface area (Å²) in [5, 5.41) is 5.36. The lowest BCUT2D eigenvalue weighted by Crippen LogP contribution is -2.16. The standard InChI is InChI=1S/C19H17BrN2O3/c1-12(11-18(24)21-16-9-5-15(20)6-10-16)19(25)22-17-7-3-14(4-8-17)13(2)23/h3-11H,1-2H3,(H,21,24)(H,22,25)/b12-11-. The van der Waals surface area contributed by atoms with Crippen molar-refractivity contribution in [3.63, 3.8) is 0 Å². The van der Waals surface area contributed by atoms with Crippen molar-refractivity contribution in [2.45, 2.75) is 13.8 Å². The van der Waals surface area contributed by atoms with Crippen LogP contribution in [-0.2, 0) is 9.59 Å². The number of anilines is 2. The van der Waals surface area contributed by atoms with Crippen LogP contribution in [0.4, 0.5) is 11.4 Å². The first-order chi connectivity index (χ1) is 11.8. The molecule has 0 aliphatic carbocycles. The van der Waals surface area contributed by atoms with E-state index in [0.717, 1.165) is 4.47 Å². The number of amides is 2. The van der Waals surface area contributed by atoms with Gasteiger partial charge in [0.15, 0.2) is 5.78 Å². The molecule has 6 heteroatoms. The molecule has 0 saturated heterocycles. The Hall–Kier alpha value is -2.73. The minimum atomic E-state index is -0.387. The van der Waals surface area contributed by atoms with E-state index < -0.39 is 0 Å². The second-order valence-electron chi connectivity index (χ2n) is 5.41. The molecule has 0 radical (unpaired) electrons. The lowest BCUT2D eigenvalue weighted by atomic mass is 10.1. The van der Waals surface area contributed by atoms with Crippen LogP contribution in [0.5, 0.6) is 0 Å². The summed E-state index contributed by atoms with van der Waals surface area (Å²) in [6.45, 7) is 3.03. The summed E-state index contributed by atoms with van der Waals surface area (Å²) >= 11 is 3.32. The summed E-state index contributed by atoms with van der Waals surface area (Å²) < 4.78 is 0.910. The fourth-order valence-electron chi connectivity index (χ4n) is 1.99. The predicted molar refractivity (Wildman–Crippen MR) is 102 cm³/mol. The van der Waals surface area contributed by atoms with Gasteiger partial charge in [-0.3, -0.25) is 14.4 Å². The van der Waals surface area contributed by atoms with Crippen LogP contribution < -0.4 is 10.6 Å². The molecular weight excluding hydrogens is 384 g/mol. The van der Waals surface area contributed by atoms with E-state index in [1.165, 1.54) is 13.0 Å². The van der Waals surface area contributed by atoms with Crippen LogP contribution in [0.2, 0.25) is 0 Å². The van der Waals surface area contributed by atoms with Crippen LogP contribution in [0.25, 0.3) is 0 Å². The quantitative estimate of drug-likeness (QED) is 0.583. The summed E-state index contributed by atoms with van der Waals surface area (Å²) in [5.41, 5.74) is 2.03. The molecule has 2 N–H and O–H groups in total. The first kappa shape index (κ1) is 18.6. The van der Waals surface area contributed by atoms with Crippen LogP contribution in [0.3, 0.4) is 0 Å². The molecule has 0 bridgehead atoms. The summed E-state index contributed by atoms with van der Waals surface area (Å²) in [4.78, 5) is 35.3. The molecule has 0 aliphatic heterocycles. The molecule has 25 heavy (non-hydrogen) atoms. The fraction of sp³-hybridized carbons (Fsp3) is 0.105. The predicted octanol–water partition coefficient (Wildman–Crippen LogP) is 4.18. The number of rotatable bonds is 5. The van der Waals surface area contributed by atoms with Gasteiger partial charge in [-0.1, -0.05) is 15.9 Å². The smallest absolute Gasteiger partial charge is 0.251 e. The minimum Gasteiger partial charge on any atom is -0.323 e. The van der Waals surface area contributed by atoms with Gasteiger partial charge in [0.2, 0.25) is 5.91 Å². The third-order valence-corrected chi connectivity index (χ3v) is 3.90. The first-order valence-electron chi connectivity index (χ1n) is 7.52. The Morgan fingerprint density at radius 3 is 1.92 bits per heavy atom. The highest BCUT2D eigenvalue weighted by Crippen LogP contribution is 2.14. The maximum Gasteiger partial charge on any atom is 0.251 e. The van der Waals surface area contributed by atoms with E-state index in [9.17, 15) is 14.4 Å². The summed E-state index contributed by atoms with van der Waals surface area (Å²) in [6, 6.07) is 13.7. The van der Waals surface area contributed by atoms with Crippen LogP contribution in [0.1, 0.15) is 24.2 Å². The zero-order chi connectivity index (χ0) is 18.4. The average molecular weight is 401 g/mol. The number of carbonyl (C=O) groups excluding carboxylic acids is 3. The molecule has 0 heterocycles. The van der Waals surface area contributed by atoms with Gasteiger partial charge in [-0.2, -0.15) is 0 Å². The number of nitrogens with one attached hydrogen (secondary N) is 2. The Bertz CT molecular complexity index is 825. The minimum absolute atomic E-state index is 0.0430. The van der Waals surface area contributed by atoms with Gasteiger partial charge in [0.1, 0.15) is 0 Å². The van der Waals surface area contributed by atoms with E-state index in [1.54, 1.807) is 43.3 Å². The number of halogens is 1. The molecule has 0 saturated carbocycles. The summed E-state index contributed by atoms with van der Waals surface area (Å²) in [7, 11) is 0. The van der Waals surface area contributed by atoms with Gasteiger partial charge in [-0.25, -0.2) is 0 Å². The van der Waals surface area contributed by atoms with E-state index in [2.05, 4.69) is 26.6 Å². The average Bonchev–Trinajstić information content (AvgIpc) is 2.57. The number of hydrogen-bond acceptors (Lipinski definition) is 3. The largest absolute Gasteiger partial charge is 0.323 e. The molecule has 2 rings (SSSR count). The lowest BCUT2D eigenvalue weighted by Gasteiger charge is -2.07. The zero-order valence-electron chi connectivity index (χ0n) is 13.8. The van der Waals surface area contributed by atoms with Crippen molar-refractivity contribution < 1.29 is 14.4 Å². The van der Waals surface area contributed by atoms with Gasteiger partial charge >= 0.3 is 0 Å². The van der Waals surface area contributed by atoms with E-state index in [0.29, 0.717) is 16.9 Å². The highest BCUT2D eigenvalue weighted by atomic mass is 79.9. The van der Waals surface area contributed by atoms with Gasteiger partial charge in [0.25, 0.3) is 5.91 Å². The third kappa shape index (κ3) is 5.69. The van der Waals surface area contributed by atoms with Gasteiger partial charge in [-0.05, 0) is 62.4 Å². The Morgan fingerprint density at radius 1 is 0.840 bits per heavy atom. The second-order valence-corrected chi connectivity index (χ2v) is 6.33. The van der Waals surface area contributed by atoms with Gasteiger partial charge in [0.05, 0.1) is 0 Å². The molecule has 0 aromatic heterocycles. The molecule has 0 spiro atoms. The number of Topliss-reactive ketones (excluding diaryl/α,β-unsaturated/α-hetero) is 1. The van der Waals surface area contributed by atoms with Gasteiger partial charge < -0.3 is 10.6 Å². The monoisotopic (exact) mass is 400 g/mol. The molecule has 0 aliphatic rings. The number of benzene rings is 2. The van der Waals surface area contributed by atoms with Crippen molar-refractivity contribution in [2.24, 2.45) is 0 Å². The maximum atomic E-state index is 12.1. The Balaban J connectivity index is 1.97. The molecule has 0 unspecified atom stereocenters. The highest BCUT2D eigenvalue weighted by Gasteiger charge is 2.08. The van der Waals surface area contributed by atoms with E-state index in [1.807, 2.05) is 12.1 Å². The van der Waals surface area contributed by atoms with Crippen molar-refractivity contribution in [2.75, 3.05) is 10.6 Å². The van der Waals surface area contributed by atoms with Gasteiger partial charge in [-0.15, -0.1) is 0 Å². The van der Waals surface area contributed by atoms with E-state index >= 15 is 0 Å². The number of hydrogen-bond donors (Lipinski definition) is 2. The number of carbonyl (C=O) groups is 3. The van der Waals surface area contributed by atoms with Crippen molar-refractivity contribution in [3.05, 3.63) is 70.2 Å². The summed E-state index contributed by atoms with van der Waals surface area (Å²) in [6.07, 6.45) is 1.24. The van der Waals surface area contributed by atoms with Gasteiger partial charge in [0, 0.05) is 33.1 Å². The Labute approximate surface area is 154 Å². The maximum absolute atomic E-state index is 12.1. The lowest BCUT2D eigenvalue weighted by molar-refractivity contribution is -0.114. The molecular formula is C19H17BrN2O3. The van der Waals surface area contributed by atoms with Crippen LogP contribution in [0, 0.1) is 0 Å². The molecule has 2 amide bonds. The van der Waals surface area contributed by atoms with Crippen molar-refractivity contribution in [1.29, 1.82) is 0 Å². The number of ketones is 1. The molecule has 0 fully saturated rings. The molecule has 2 aromatic rings. The SMILES string of the molecule is CC(=O)c1ccc(NC(=O)/C(C)=C\C(=O)Nc2ccc(Br)cc2)cc1. The third-order valence-electron chi connectivity index (χ3n) is 3.37.